The van der Waals surface area contributed by atoms with Crippen molar-refractivity contribution < 1.29 is 10.0 Å². The summed E-state index contributed by atoms with van der Waals surface area (Å²) in [6, 6.07) is 8.49. The lowest BCUT2D eigenvalue weighted by Crippen LogP contribution is -2.03. The van der Waals surface area contributed by atoms with E-state index in [4.69, 9.17) is 5.11 Å². The minimum atomic E-state index is -0.413. The average Bonchev–Trinajstić information content (AvgIpc) is 2.76. The molecule has 1 aromatic carbocycles. The molecule has 2 aromatic rings. The van der Waals surface area contributed by atoms with E-state index >= 15 is 0 Å². The number of nitro groups is 1. The number of aliphatic hydroxyl groups is 1. The third-order valence-electron chi connectivity index (χ3n) is 2.58. The predicted molar refractivity (Wildman–Crippen MR) is 63.1 cm³/mol. The van der Waals surface area contributed by atoms with Crippen molar-refractivity contribution in [1.82, 2.24) is 4.57 Å². The van der Waals surface area contributed by atoms with E-state index in [1.165, 1.54) is 6.07 Å². The van der Waals surface area contributed by atoms with E-state index in [9.17, 15) is 10.1 Å². The van der Waals surface area contributed by atoms with Crippen LogP contribution in [0, 0.1) is 17.0 Å². The van der Waals surface area contributed by atoms with Gasteiger partial charge in [-0.15, -0.1) is 0 Å². The van der Waals surface area contributed by atoms with Gasteiger partial charge in [0.2, 0.25) is 0 Å². The molecule has 1 aromatic heterocycles. The first-order valence-electron chi connectivity index (χ1n) is 5.16. The molecule has 5 nitrogen and oxygen atoms in total. The van der Waals surface area contributed by atoms with Gasteiger partial charge in [0, 0.05) is 18.0 Å². The van der Waals surface area contributed by atoms with Crippen molar-refractivity contribution in [2.24, 2.45) is 0 Å². The molecule has 0 radical (unpaired) electrons. The molecular weight excluding hydrogens is 220 g/mol. The highest BCUT2D eigenvalue weighted by molar-refractivity contribution is 5.55. The molecule has 0 bridgehead atoms. The third kappa shape index (κ3) is 2.05. The van der Waals surface area contributed by atoms with Crippen LogP contribution >= 0.6 is 0 Å². The molecule has 0 aliphatic heterocycles. The highest BCUT2D eigenvalue weighted by Crippen LogP contribution is 2.25. The maximum atomic E-state index is 11.0. The first kappa shape index (κ1) is 11.3. The van der Waals surface area contributed by atoms with Gasteiger partial charge in [-0.25, -0.2) is 0 Å². The zero-order valence-corrected chi connectivity index (χ0v) is 9.33. The Bertz CT molecular complexity index is 561. The molecule has 0 aliphatic carbocycles. The minimum absolute atomic E-state index is 0.0379. The maximum Gasteiger partial charge on any atom is 0.293 e. The van der Waals surface area contributed by atoms with Crippen LogP contribution in [-0.2, 0) is 6.61 Å². The minimum Gasteiger partial charge on any atom is -0.390 e. The van der Waals surface area contributed by atoms with E-state index in [1.807, 2.05) is 6.07 Å². The summed E-state index contributed by atoms with van der Waals surface area (Å²) in [5, 5.41) is 20.2. The maximum absolute atomic E-state index is 11.0. The number of nitro benzene ring substituents is 1. The molecule has 0 unspecified atom stereocenters. The molecule has 0 atom stereocenters. The Kier molecular flexibility index (Phi) is 2.93. The number of aryl methyl sites for hydroxylation is 1. The van der Waals surface area contributed by atoms with Crippen molar-refractivity contribution in [3.8, 4) is 5.69 Å². The fourth-order valence-electron chi connectivity index (χ4n) is 1.76. The smallest absolute Gasteiger partial charge is 0.293 e. The summed E-state index contributed by atoms with van der Waals surface area (Å²) < 4.78 is 1.62. The van der Waals surface area contributed by atoms with Crippen LogP contribution in [0.2, 0.25) is 0 Å². The molecule has 2 rings (SSSR count). The van der Waals surface area contributed by atoms with Gasteiger partial charge in [-0.3, -0.25) is 10.1 Å². The van der Waals surface area contributed by atoms with Crippen LogP contribution in [0.25, 0.3) is 5.69 Å². The van der Waals surface area contributed by atoms with Gasteiger partial charge < -0.3 is 9.67 Å². The van der Waals surface area contributed by atoms with Crippen molar-refractivity contribution in [2.75, 3.05) is 0 Å². The van der Waals surface area contributed by atoms with Crippen molar-refractivity contribution in [2.45, 2.75) is 13.5 Å². The molecule has 0 aliphatic rings. The average molecular weight is 232 g/mol. The lowest BCUT2D eigenvalue weighted by Gasteiger charge is -2.08. The molecule has 0 saturated carbocycles. The molecule has 0 fully saturated rings. The summed E-state index contributed by atoms with van der Waals surface area (Å²) >= 11 is 0. The van der Waals surface area contributed by atoms with Crippen LogP contribution in [0.4, 0.5) is 5.69 Å². The van der Waals surface area contributed by atoms with Crippen LogP contribution in [0.5, 0.6) is 0 Å². The molecule has 5 heteroatoms. The van der Waals surface area contributed by atoms with Gasteiger partial charge in [0.25, 0.3) is 5.69 Å². The lowest BCUT2D eigenvalue weighted by atomic mass is 10.2. The zero-order valence-electron chi connectivity index (χ0n) is 9.33. The van der Waals surface area contributed by atoms with E-state index in [0.717, 1.165) is 5.56 Å². The Morgan fingerprint density at radius 3 is 2.82 bits per heavy atom. The third-order valence-corrected chi connectivity index (χ3v) is 2.58. The van der Waals surface area contributed by atoms with Gasteiger partial charge in [0.1, 0.15) is 5.69 Å². The fourth-order valence-corrected chi connectivity index (χ4v) is 1.76. The molecule has 1 N–H and O–H groups in total. The second-order valence-corrected chi connectivity index (χ2v) is 3.78. The molecule has 0 spiro atoms. The van der Waals surface area contributed by atoms with Gasteiger partial charge in [0.05, 0.1) is 11.5 Å². The topological polar surface area (TPSA) is 68.3 Å². The largest absolute Gasteiger partial charge is 0.390 e. The lowest BCUT2D eigenvalue weighted by molar-refractivity contribution is -0.384. The number of hydrogen-bond donors (Lipinski definition) is 1. The monoisotopic (exact) mass is 232 g/mol. The van der Waals surface area contributed by atoms with Crippen LogP contribution in [0.3, 0.4) is 0 Å². The molecule has 88 valence electrons. The van der Waals surface area contributed by atoms with Crippen LogP contribution < -0.4 is 0 Å². The molecule has 0 amide bonds. The number of aromatic nitrogens is 1. The number of nitrogens with zero attached hydrogens (tertiary/aromatic N) is 2. The van der Waals surface area contributed by atoms with Crippen molar-refractivity contribution in [1.29, 1.82) is 0 Å². The van der Waals surface area contributed by atoms with Crippen LogP contribution in [0.15, 0.2) is 36.5 Å². The predicted octanol–water partition coefficient (Wildman–Crippen LogP) is 2.19. The molecule has 0 saturated heterocycles. The Morgan fingerprint density at radius 2 is 2.18 bits per heavy atom. The molecule has 17 heavy (non-hydrogen) atoms. The quantitative estimate of drug-likeness (QED) is 0.651. The Morgan fingerprint density at radius 1 is 1.41 bits per heavy atom. The highest BCUT2D eigenvalue weighted by Gasteiger charge is 2.16. The van der Waals surface area contributed by atoms with E-state index in [0.29, 0.717) is 11.4 Å². The Labute approximate surface area is 98.1 Å². The SMILES string of the molecule is Cc1ccc(-n2cccc2CO)c([N+](=O)[O-])c1. The fraction of sp³-hybridized carbons (Fsp3) is 0.167. The second kappa shape index (κ2) is 4.39. The van der Waals surface area contributed by atoms with Crippen molar-refractivity contribution in [3.05, 3.63) is 57.9 Å². The van der Waals surface area contributed by atoms with Crippen LogP contribution in [0.1, 0.15) is 11.3 Å². The first-order valence-corrected chi connectivity index (χ1v) is 5.16. The second-order valence-electron chi connectivity index (χ2n) is 3.78. The number of rotatable bonds is 3. The van der Waals surface area contributed by atoms with E-state index in [1.54, 1.807) is 35.9 Å². The number of aliphatic hydroxyl groups excluding tert-OH is 1. The van der Waals surface area contributed by atoms with Gasteiger partial charge >= 0.3 is 0 Å². The summed E-state index contributed by atoms with van der Waals surface area (Å²) in [4.78, 5) is 10.6. The number of benzene rings is 1. The zero-order chi connectivity index (χ0) is 12.4. The van der Waals surface area contributed by atoms with Crippen molar-refractivity contribution >= 4 is 5.69 Å². The summed E-state index contributed by atoms with van der Waals surface area (Å²) in [5.74, 6) is 0. The van der Waals surface area contributed by atoms with Gasteiger partial charge in [0.15, 0.2) is 0 Å². The molecular formula is C12H12N2O3. The van der Waals surface area contributed by atoms with E-state index < -0.39 is 4.92 Å². The Balaban J connectivity index is 2.63. The van der Waals surface area contributed by atoms with E-state index in [2.05, 4.69) is 0 Å². The van der Waals surface area contributed by atoms with E-state index in [-0.39, 0.29) is 12.3 Å². The highest BCUT2D eigenvalue weighted by atomic mass is 16.6. The molecule has 1 heterocycles. The summed E-state index contributed by atoms with van der Waals surface area (Å²) in [5.41, 5.74) is 1.96. The first-order chi connectivity index (χ1) is 8.13. The Hall–Kier alpha value is -2.14. The normalized spacial score (nSPS) is 10.5. The number of hydrogen-bond acceptors (Lipinski definition) is 3. The van der Waals surface area contributed by atoms with Gasteiger partial charge in [-0.2, -0.15) is 0 Å². The summed E-state index contributed by atoms with van der Waals surface area (Å²) in [6.07, 6.45) is 1.70. The standard InChI is InChI=1S/C12H12N2O3/c1-9-4-5-11(12(7-9)14(16)17)13-6-2-3-10(13)8-15/h2-7,15H,8H2,1H3. The van der Waals surface area contributed by atoms with Gasteiger partial charge in [-0.1, -0.05) is 6.07 Å². The summed E-state index contributed by atoms with van der Waals surface area (Å²) in [6.45, 7) is 1.65. The van der Waals surface area contributed by atoms with Crippen LogP contribution in [-0.4, -0.2) is 14.6 Å². The summed E-state index contributed by atoms with van der Waals surface area (Å²) in [7, 11) is 0. The van der Waals surface area contributed by atoms with Gasteiger partial charge in [-0.05, 0) is 30.7 Å². The van der Waals surface area contributed by atoms with Crippen molar-refractivity contribution in [3.63, 3.8) is 0 Å².